The van der Waals surface area contributed by atoms with E-state index in [4.69, 9.17) is 20.0 Å². The van der Waals surface area contributed by atoms with Gasteiger partial charge in [0.15, 0.2) is 17.4 Å². The Labute approximate surface area is 254 Å². The smallest absolute Gasteiger partial charge is 0.324 e. The topological polar surface area (TPSA) is 95.2 Å². The van der Waals surface area contributed by atoms with Crippen LogP contribution in [0.15, 0.2) is 34.9 Å². The summed E-state index contributed by atoms with van der Waals surface area (Å²) in [5, 5.41) is 4.05. The van der Waals surface area contributed by atoms with E-state index in [0.29, 0.717) is 41.7 Å². The van der Waals surface area contributed by atoms with Crippen LogP contribution in [-0.2, 0) is 13.0 Å². The zero-order chi connectivity index (χ0) is 28.1. The number of ether oxygens (including phenoxy) is 1. The van der Waals surface area contributed by atoms with Gasteiger partial charge < -0.3 is 24.5 Å². The molecule has 0 amide bonds. The number of imidazole rings is 1. The first-order chi connectivity index (χ1) is 19.2. The first-order valence-corrected chi connectivity index (χ1v) is 13.8. The lowest BCUT2D eigenvalue weighted by Crippen LogP contribution is -2.39. The van der Waals surface area contributed by atoms with Crippen LogP contribution in [0.5, 0.6) is 5.75 Å². The van der Waals surface area contributed by atoms with E-state index in [0.717, 1.165) is 38.1 Å². The largest absolute Gasteiger partial charge is 0.487 e. The Bertz CT molecular complexity index is 1540. The van der Waals surface area contributed by atoms with E-state index < -0.39 is 29.4 Å². The van der Waals surface area contributed by atoms with Crippen molar-refractivity contribution in [3.8, 4) is 5.75 Å². The second kappa shape index (κ2) is 12.7. The minimum atomic E-state index is -0.513. The van der Waals surface area contributed by atoms with E-state index in [9.17, 15) is 8.78 Å². The molecule has 4 heterocycles. The summed E-state index contributed by atoms with van der Waals surface area (Å²) in [5.41, 5.74) is 7.82. The number of nitrogens with two attached hydrogens (primary N) is 1. The summed E-state index contributed by atoms with van der Waals surface area (Å²) in [5.74, 6) is 0.0115. The van der Waals surface area contributed by atoms with Crippen LogP contribution in [-0.4, -0.2) is 44.9 Å². The lowest BCUT2D eigenvalue weighted by Gasteiger charge is -2.33. The van der Waals surface area contributed by atoms with Crippen LogP contribution < -0.4 is 15.4 Å². The van der Waals surface area contributed by atoms with E-state index in [1.54, 1.807) is 6.07 Å². The van der Waals surface area contributed by atoms with Gasteiger partial charge in [0.1, 0.15) is 17.5 Å². The summed E-state index contributed by atoms with van der Waals surface area (Å²) in [7, 11) is 0. The number of benzene rings is 2. The Hall–Kier alpha value is -3.02. The molecule has 4 aromatic rings. The fourth-order valence-corrected chi connectivity index (χ4v) is 5.90. The number of hydrogen-bond donors (Lipinski definition) is 1. The van der Waals surface area contributed by atoms with Crippen LogP contribution in [0.3, 0.4) is 0 Å². The van der Waals surface area contributed by atoms with Crippen LogP contribution >= 0.6 is 24.8 Å². The molecule has 6 rings (SSSR count). The zero-order valence-electron chi connectivity index (χ0n) is 23.6. The third kappa shape index (κ3) is 6.05. The number of fused-ring (bicyclic) bond motifs is 3. The van der Waals surface area contributed by atoms with Gasteiger partial charge in [0.25, 0.3) is 0 Å². The molecule has 2 aliphatic rings. The third-order valence-corrected chi connectivity index (χ3v) is 8.29. The van der Waals surface area contributed by atoms with E-state index >= 15 is 4.39 Å². The fourth-order valence-electron chi connectivity index (χ4n) is 5.90. The van der Waals surface area contributed by atoms with Crippen molar-refractivity contribution in [2.45, 2.75) is 70.6 Å². The molecule has 0 aliphatic carbocycles. The van der Waals surface area contributed by atoms with Gasteiger partial charge in [-0.1, -0.05) is 19.0 Å². The molecule has 228 valence electrons. The normalized spacial score (nSPS) is 19.8. The van der Waals surface area contributed by atoms with Crippen LogP contribution in [0, 0.1) is 23.4 Å². The van der Waals surface area contributed by atoms with Crippen LogP contribution in [0.2, 0.25) is 0 Å². The van der Waals surface area contributed by atoms with Crippen molar-refractivity contribution in [2.75, 3.05) is 18.0 Å². The Balaban J connectivity index is 0.00000202. The molecule has 1 fully saturated rings. The standard InChI is InChI=1S/C29H33F3N6O2.2ClH/c1-15(2)28-35-29(40-36-28)37-8-6-17(7-9-37)16(3)39-26-13-24-25(12-22(26)32)38-14-23(33)20(11-27(38)34-24)19-10-18(30)4-5-21(19)31;;/h4-5,10,12-13,15-17,20,23H,6-9,11,14,33H2,1-3H3;2*1H/t16-,20+,23-;;/m0../s1. The molecule has 8 nitrogen and oxygen atoms in total. The van der Waals surface area contributed by atoms with Gasteiger partial charge in [0.05, 0.1) is 17.1 Å². The molecule has 2 aliphatic heterocycles. The predicted octanol–water partition coefficient (Wildman–Crippen LogP) is 6.15. The third-order valence-electron chi connectivity index (χ3n) is 8.29. The Morgan fingerprint density at radius 3 is 2.43 bits per heavy atom. The summed E-state index contributed by atoms with van der Waals surface area (Å²) >= 11 is 0. The Morgan fingerprint density at radius 2 is 1.74 bits per heavy atom. The maximum atomic E-state index is 15.3. The maximum absolute atomic E-state index is 15.3. The number of aromatic nitrogens is 4. The number of piperidine rings is 1. The Morgan fingerprint density at radius 1 is 1.00 bits per heavy atom. The van der Waals surface area contributed by atoms with Gasteiger partial charge in [-0.05, 0) is 49.4 Å². The van der Waals surface area contributed by atoms with Crippen molar-refractivity contribution in [3.05, 3.63) is 65.0 Å². The predicted molar refractivity (Wildman–Crippen MR) is 158 cm³/mol. The van der Waals surface area contributed by atoms with E-state index in [1.807, 2.05) is 25.3 Å². The molecule has 0 unspecified atom stereocenters. The maximum Gasteiger partial charge on any atom is 0.324 e. The van der Waals surface area contributed by atoms with Gasteiger partial charge in [-0.3, -0.25) is 0 Å². The van der Waals surface area contributed by atoms with Crippen molar-refractivity contribution >= 4 is 41.9 Å². The molecular formula is C29H35Cl2F3N6O2. The molecule has 0 saturated carbocycles. The van der Waals surface area contributed by atoms with Crippen molar-refractivity contribution in [1.82, 2.24) is 19.7 Å². The molecule has 13 heteroatoms. The SMILES string of the molecule is CC(C)c1noc(N2CCC([C@H](C)Oc3cc4nc5n(c4cc3F)C[C@H](N)[C@@H](c3cc(F)ccc3F)C5)CC2)n1.Cl.Cl. The lowest BCUT2D eigenvalue weighted by atomic mass is 9.86. The summed E-state index contributed by atoms with van der Waals surface area (Å²) in [6.45, 7) is 7.83. The number of nitrogens with zero attached hydrogens (tertiary/aromatic N) is 5. The molecule has 1 saturated heterocycles. The van der Waals surface area contributed by atoms with Gasteiger partial charge in [-0.25, -0.2) is 18.2 Å². The Kier molecular flexibility index (Phi) is 9.64. The highest BCUT2D eigenvalue weighted by atomic mass is 35.5. The van der Waals surface area contributed by atoms with Gasteiger partial charge in [0, 0.05) is 56.1 Å². The number of anilines is 1. The summed E-state index contributed by atoms with van der Waals surface area (Å²) in [6.07, 6.45) is 1.80. The highest BCUT2D eigenvalue weighted by Crippen LogP contribution is 2.35. The van der Waals surface area contributed by atoms with Crippen molar-refractivity contribution in [2.24, 2.45) is 11.7 Å². The first kappa shape index (κ1) is 31.9. The van der Waals surface area contributed by atoms with Crippen molar-refractivity contribution in [3.63, 3.8) is 0 Å². The molecule has 0 radical (unpaired) electrons. The van der Waals surface area contributed by atoms with Gasteiger partial charge in [-0.2, -0.15) is 4.98 Å². The molecule has 0 spiro atoms. The molecule has 2 aromatic heterocycles. The highest BCUT2D eigenvalue weighted by Gasteiger charge is 2.33. The highest BCUT2D eigenvalue weighted by molar-refractivity contribution is 5.85. The average Bonchev–Trinajstić information content (AvgIpc) is 3.55. The van der Waals surface area contributed by atoms with Crippen LogP contribution in [0.25, 0.3) is 11.0 Å². The van der Waals surface area contributed by atoms with Gasteiger partial charge in [0.2, 0.25) is 0 Å². The quantitative estimate of drug-likeness (QED) is 0.274. The van der Waals surface area contributed by atoms with Gasteiger partial charge >= 0.3 is 6.01 Å². The minimum Gasteiger partial charge on any atom is -0.487 e. The monoisotopic (exact) mass is 626 g/mol. The molecular weight excluding hydrogens is 592 g/mol. The van der Waals surface area contributed by atoms with E-state index in [-0.39, 0.29) is 54.1 Å². The van der Waals surface area contributed by atoms with E-state index in [1.165, 1.54) is 12.1 Å². The minimum absolute atomic E-state index is 0. The second-order valence-electron chi connectivity index (χ2n) is 11.3. The average molecular weight is 628 g/mol. The first-order valence-electron chi connectivity index (χ1n) is 13.8. The molecule has 42 heavy (non-hydrogen) atoms. The second-order valence-corrected chi connectivity index (χ2v) is 11.3. The van der Waals surface area contributed by atoms with Crippen LogP contribution in [0.1, 0.15) is 62.7 Å². The number of rotatable bonds is 6. The molecule has 0 bridgehead atoms. The number of hydrogen-bond acceptors (Lipinski definition) is 7. The van der Waals surface area contributed by atoms with Crippen molar-refractivity contribution in [1.29, 1.82) is 0 Å². The lowest BCUT2D eigenvalue weighted by molar-refractivity contribution is 0.127. The molecule has 2 N–H and O–H groups in total. The van der Waals surface area contributed by atoms with Crippen LogP contribution in [0.4, 0.5) is 19.2 Å². The van der Waals surface area contributed by atoms with Gasteiger partial charge in [-0.15, -0.1) is 24.8 Å². The molecule has 3 atom stereocenters. The summed E-state index contributed by atoms with van der Waals surface area (Å²) < 4.78 is 57.0. The molecule has 2 aromatic carbocycles. The summed E-state index contributed by atoms with van der Waals surface area (Å²) in [4.78, 5) is 11.3. The van der Waals surface area contributed by atoms with Crippen molar-refractivity contribution < 1.29 is 22.4 Å². The van der Waals surface area contributed by atoms with E-state index in [2.05, 4.69) is 15.0 Å². The zero-order valence-corrected chi connectivity index (χ0v) is 25.2. The fraction of sp³-hybridized carbons (Fsp3) is 0.483. The summed E-state index contributed by atoms with van der Waals surface area (Å²) in [6, 6.07) is 6.51. The number of halogens is 5.